The van der Waals surface area contributed by atoms with Crippen LogP contribution in [0.25, 0.3) is 10.1 Å². The molecule has 4 heteroatoms. The molecule has 0 unspecified atom stereocenters. The first-order chi connectivity index (χ1) is 5.68. The summed E-state index contributed by atoms with van der Waals surface area (Å²) in [6.45, 7) is 4.00. The Morgan fingerprint density at radius 2 is 2.08 bits per heavy atom. The van der Waals surface area contributed by atoms with Crippen molar-refractivity contribution in [3.8, 4) is 0 Å². The number of thiophene rings is 1. The van der Waals surface area contributed by atoms with Crippen LogP contribution in [0.1, 0.15) is 10.6 Å². The first-order valence-electron chi connectivity index (χ1n) is 3.67. The van der Waals surface area contributed by atoms with Crippen LogP contribution in [0.4, 0.5) is 5.82 Å². The maximum absolute atomic E-state index is 5.68. The van der Waals surface area contributed by atoms with Crippen LogP contribution in [0.5, 0.6) is 0 Å². The van der Waals surface area contributed by atoms with E-state index in [0.29, 0.717) is 5.82 Å². The van der Waals surface area contributed by atoms with E-state index in [4.69, 9.17) is 5.73 Å². The molecule has 2 N–H and O–H groups in total. The molecule has 0 amide bonds. The summed E-state index contributed by atoms with van der Waals surface area (Å²) in [6, 6.07) is 2.10. The van der Waals surface area contributed by atoms with E-state index in [2.05, 4.69) is 23.2 Å². The summed E-state index contributed by atoms with van der Waals surface area (Å²) >= 11 is 1.67. The molecule has 0 aliphatic carbocycles. The lowest BCUT2D eigenvalue weighted by Gasteiger charge is -1.95. The topological polar surface area (TPSA) is 51.8 Å². The van der Waals surface area contributed by atoms with Crippen LogP contribution >= 0.6 is 11.3 Å². The number of anilines is 1. The molecular formula is C8H9N3S. The van der Waals surface area contributed by atoms with Crippen molar-refractivity contribution in [2.45, 2.75) is 13.8 Å². The van der Waals surface area contributed by atoms with Gasteiger partial charge in [0.25, 0.3) is 0 Å². The van der Waals surface area contributed by atoms with Crippen LogP contribution in [-0.4, -0.2) is 10.2 Å². The van der Waals surface area contributed by atoms with Gasteiger partial charge >= 0.3 is 0 Å². The molecule has 62 valence electrons. The van der Waals surface area contributed by atoms with Crippen molar-refractivity contribution in [2.24, 2.45) is 0 Å². The monoisotopic (exact) mass is 179 g/mol. The molecular weight excluding hydrogens is 170 g/mol. The van der Waals surface area contributed by atoms with Gasteiger partial charge in [0.2, 0.25) is 0 Å². The first-order valence-corrected chi connectivity index (χ1v) is 4.49. The second-order valence-electron chi connectivity index (χ2n) is 2.77. The number of aryl methyl sites for hydroxylation is 2. The number of nitrogen functional groups attached to an aromatic ring is 1. The zero-order valence-corrected chi connectivity index (χ0v) is 7.77. The van der Waals surface area contributed by atoms with Crippen LogP contribution in [0, 0.1) is 13.8 Å². The Balaban J connectivity index is 2.93. The van der Waals surface area contributed by atoms with E-state index in [1.54, 1.807) is 11.3 Å². The maximum Gasteiger partial charge on any atom is 0.164 e. The van der Waals surface area contributed by atoms with Crippen LogP contribution in [0.2, 0.25) is 0 Å². The molecule has 0 aliphatic rings. The van der Waals surface area contributed by atoms with Gasteiger partial charge in [0.05, 0.1) is 10.4 Å². The second-order valence-corrected chi connectivity index (χ2v) is 4.03. The average molecular weight is 179 g/mol. The van der Waals surface area contributed by atoms with Gasteiger partial charge in [-0.2, -0.15) is 5.10 Å². The van der Waals surface area contributed by atoms with Gasteiger partial charge in [-0.25, -0.2) is 0 Å². The third kappa shape index (κ3) is 0.956. The van der Waals surface area contributed by atoms with E-state index < -0.39 is 0 Å². The molecule has 0 bridgehead atoms. The standard InChI is InChI=1S/C8H9N3S/c1-4-3-6-5(2)10-11-8(9)7(6)12-4/h3H,1-2H3,(H2,9,11). The molecule has 0 spiro atoms. The number of aromatic nitrogens is 2. The molecule has 0 aromatic carbocycles. The molecule has 2 heterocycles. The minimum atomic E-state index is 0.536. The van der Waals surface area contributed by atoms with Crippen LogP contribution in [0.3, 0.4) is 0 Å². The molecule has 0 radical (unpaired) electrons. The van der Waals surface area contributed by atoms with Crippen molar-refractivity contribution in [3.63, 3.8) is 0 Å². The van der Waals surface area contributed by atoms with E-state index in [9.17, 15) is 0 Å². The Labute approximate surface area is 74.2 Å². The van der Waals surface area contributed by atoms with E-state index in [-0.39, 0.29) is 0 Å². The van der Waals surface area contributed by atoms with Crippen molar-refractivity contribution >= 4 is 27.2 Å². The number of nitrogens with two attached hydrogens (primary N) is 1. The van der Waals surface area contributed by atoms with Gasteiger partial charge in [0, 0.05) is 10.3 Å². The van der Waals surface area contributed by atoms with E-state index in [0.717, 1.165) is 15.8 Å². The summed E-state index contributed by atoms with van der Waals surface area (Å²) in [5.74, 6) is 0.536. The average Bonchev–Trinajstić information content (AvgIpc) is 2.41. The zero-order valence-electron chi connectivity index (χ0n) is 6.96. The second kappa shape index (κ2) is 2.42. The fourth-order valence-electron chi connectivity index (χ4n) is 1.20. The summed E-state index contributed by atoms with van der Waals surface area (Å²) in [6.07, 6.45) is 0. The lowest BCUT2D eigenvalue weighted by molar-refractivity contribution is 1.01. The van der Waals surface area contributed by atoms with Gasteiger partial charge in [-0.1, -0.05) is 0 Å². The highest BCUT2D eigenvalue weighted by Gasteiger charge is 2.06. The van der Waals surface area contributed by atoms with Gasteiger partial charge in [-0.05, 0) is 19.9 Å². The smallest absolute Gasteiger partial charge is 0.164 e. The molecule has 2 aromatic rings. The van der Waals surface area contributed by atoms with Gasteiger partial charge in [0.1, 0.15) is 0 Å². The molecule has 0 fully saturated rings. The number of nitrogens with zero attached hydrogens (tertiary/aromatic N) is 2. The molecule has 12 heavy (non-hydrogen) atoms. The summed E-state index contributed by atoms with van der Waals surface area (Å²) < 4.78 is 1.06. The fourth-order valence-corrected chi connectivity index (χ4v) is 2.16. The van der Waals surface area contributed by atoms with E-state index >= 15 is 0 Å². The SMILES string of the molecule is Cc1cc2c(C)nnc(N)c2s1. The maximum atomic E-state index is 5.68. The zero-order chi connectivity index (χ0) is 8.72. The van der Waals surface area contributed by atoms with Crippen LogP contribution in [0.15, 0.2) is 6.07 Å². The normalized spacial score (nSPS) is 10.8. The Morgan fingerprint density at radius 1 is 1.33 bits per heavy atom. The van der Waals surface area contributed by atoms with Crippen molar-refractivity contribution in [1.82, 2.24) is 10.2 Å². The van der Waals surface area contributed by atoms with Crippen LogP contribution in [-0.2, 0) is 0 Å². The van der Waals surface area contributed by atoms with Gasteiger partial charge in [-0.3, -0.25) is 0 Å². The van der Waals surface area contributed by atoms with E-state index in [1.165, 1.54) is 4.88 Å². The molecule has 0 saturated heterocycles. The minimum absolute atomic E-state index is 0.536. The summed E-state index contributed by atoms with van der Waals surface area (Å²) in [5.41, 5.74) is 6.62. The first kappa shape index (κ1) is 7.49. The number of hydrogen-bond donors (Lipinski definition) is 1. The largest absolute Gasteiger partial charge is 0.381 e. The minimum Gasteiger partial charge on any atom is -0.381 e. The van der Waals surface area contributed by atoms with E-state index in [1.807, 2.05) is 6.92 Å². The highest BCUT2D eigenvalue weighted by molar-refractivity contribution is 7.19. The summed E-state index contributed by atoms with van der Waals surface area (Å²) in [5, 5.41) is 8.94. The third-order valence-corrected chi connectivity index (χ3v) is 2.86. The van der Waals surface area contributed by atoms with Gasteiger partial charge in [-0.15, -0.1) is 16.4 Å². The van der Waals surface area contributed by atoms with Crippen LogP contribution < -0.4 is 5.73 Å². The van der Waals surface area contributed by atoms with Crippen molar-refractivity contribution in [1.29, 1.82) is 0 Å². The fraction of sp³-hybridized carbons (Fsp3) is 0.250. The predicted molar refractivity (Wildman–Crippen MR) is 51.3 cm³/mol. The van der Waals surface area contributed by atoms with Crippen molar-refractivity contribution in [2.75, 3.05) is 5.73 Å². The third-order valence-electron chi connectivity index (χ3n) is 1.79. The van der Waals surface area contributed by atoms with Crippen molar-refractivity contribution < 1.29 is 0 Å². The Kier molecular flexibility index (Phi) is 1.51. The molecule has 0 atom stereocenters. The van der Waals surface area contributed by atoms with Gasteiger partial charge in [0.15, 0.2) is 5.82 Å². The highest BCUT2D eigenvalue weighted by Crippen LogP contribution is 2.29. The molecule has 3 nitrogen and oxygen atoms in total. The predicted octanol–water partition coefficient (Wildman–Crippen LogP) is 1.89. The quantitative estimate of drug-likeness (QED) is 0.672. The molecule has 0 saturated carbocycles. The van der Waals surface area contributed by atoms with Crippen molar-refractivity contribution in [3.05, 3.63) is 16.6 Å². The molecule has 2 aromatic heterocycles. The molecule has 0 aliphatic heterocycles. The molecule has 2 rings (SSSR count). The lowest BCUT2D eigenvalue weighted by atomic mass is 10.2. The van der Waals surface area contributed by atoms with Gasteiger partial charge < -0.3 is 5.73 Å². The highest BCUT2D eigenvalue weighted by atomic mass is 32.1. The lowest BCUT2D eigenvalue weighted by Crippen LogP contribution is -1.94. The summed E-state index contributed by atoms with van der Waals surface area (Å²) in [4.78, 5) is 1.25. The Bertz CT molecular complexity index is 394. The number of fused-ring (bicyclic) bond motifs is 1. The number of rotatable bonds is 0. The Hall–Kier alpha value is -1.16. The Morgan fingerprint density at radius 3 is 2.75 bits per heavy atom. The number of hydrogen-bond acceptors (Lipinski definition) is 4. The summed E-state index contributed by atoms with van der Waals surface area (Å²) in [7, 11) is 0.